The number of carbonyl (C=O) groups is 1. The van der Waals surface area contributed by atoms with Gasteiger partial charge in [-0.15, -0.1) is 11.3 Å². The number of hydrogen-bond acceptors (Lipinski definition) is 4. The zero-order valence-corrected chi connectivity index (χ0v) is 11.9. The average molecular weight is 292 g/mol. The molecule has 5 heteroatoms. The van der Waals surface area contributed by atoms with Crippen LogP contribution in [0.3, 0.4) is 0 Å². The molecule has 0 aliphatic heterocycles. The molecule has 0 bridgehead atoms. The van der Waals surface area contributed by atoms with Crippen molar-refractivity contribution < 1.29 is 13.2 Å². The van der Waals surface area contributed by atoms with Gasteiger partial charge in [0.1, 0.15) is 0 Å². The van der Waals surface area contributed by atoms with Crippen LogP contribution in [0, 0.1) is 0 Å². The Kier molecular flexibility index (Phi) is 3.97. The van der Waals surface area contributed by atoms with Crippen molar-refractivity contribution in [3.8, 4) is 0 Å². The Hall–Kier alpha value is -1.72. The highest BCUT2D eigenvalue weighted by Gasteiger charge is 2.08. The highest BCUT2D eigenvalue weighted by atomic mass is 32.2. The first kappa shape index (κ1) is 13.7. The number of carbonyl (C=O) groups excluding carboxylic acids is 1. The van der Waals surface area contributed by atoms with Crippen LogP contribution in [0.4, 0.5) is 0 Å². The Morgan fingerprint density at radius 2 is 1.84 bits per heavy atom. The van der Waals surface area contributed by atoms with Gasteiger partial charge in [0, 0.05) is 16.7 Å². The van der Waals surface area contributed by atoms with E-state index in [4.69, 9.17) is 0 Å². The molecule has 1 heterocycles. The third-order valence-corrected chi connectivity index (χ3v) is 4.48. The molecule has 0 N–H and O–H groups in total. The van der Waals surface area contributed by atoms with E-state index in [0.717, 1.165) is 11.1 Å². The van der Waals surface area contributed by atoms with Crippen molar-refractivity contribution in [3.05, 3.63) is 58.3 Å². The van der Waals surface area contributed by atoms with Crippen molar-refractivity contribution in [2.24, 2.45) is 0 Å². The number of hydrogen-bond donors (Lipinski definition) is 0. The lowest BCUT2D eigenvalue weighted by Crippen LogP contribution is -1.99. The highest BCUT2D eigenvalue weighted by molar-refractivity contribution is 7.90. The maximum atomic E-state index is 11.9. The van der Waals surface area contributed by atoms with Crippen molar-refractivity contribution >= 4 is 33.0 Å². The summed E-state index contributed by atoms with van der Waals surface area (Å²) in [7, 11) is -3.22. The normalized spacial score (nSPS) is 11.8. The van der Waals surface area contributed by atoms with E-state index in [1.165, 1.54) is 30.3 Å². The van der Waals surface area contributed by atoms with Crippen molar-refractivity contribution in [1.29, 1.82) is 0 Å². The molecule has 0 saturated heterocycles. The zero-order chi connectivity index (χ0) is 13.9. The Morgan fingerprint density at radius 1 is 1.16 bits per heavy atom. The van der Waals surface area contributed by atoms with Crippen molar-refractivity contribution in [2.75, 3.05) is 6.26 Å². The number of rotatable bonds is 4. The van der Waals surface area contributed by atoms with Crippen LogP contribution in [0.5, 0.6) is 0 Å². The number of thiophene rings is 1. The minimum atomic E-state index is -3.22. The number of sulfone groups is 1. The standard InChI is InChI=1S/C14H12O3S2/c1-19(16,17)13-7-4-11(5-8-13)14(15)9-6-12-3-2-10-18-12/h2-10H,1H3/b9-6+. The summed E-state index contributed by atoms with van der Waals surface area (Å²) < 4.78 is 22.6. The van der Waals surface area contributed by atoms with Gasteiger partial charge in [0.15, 0.2) is 15.6 Å². The third kappa shape index (κ3) is 3.62. The monoisotopic (exact) mass is 292 g/mol. The minimum Gasteiger partial charge on any atom is -0.289 e. The summed E-state index contributed by atoms with van der Waals surface area (Å²) >= 11 is 1.55. The summed E-state index contributed by atoms with van der Waals surface area (Å²) in [6.45, 7) is 0. The van der Waals surface area contributed by atoms with Crippen LogP contribution in [-0.4, -0.2) is 20.5 Å². The first-order chi connectivity index (χ1) is 8.97. The summed E-state index contributed by atoms with van der Waals surface area (Å²) in [6.07, 6.45) is 4.37. The molecule has 0 aliphatic carbocycles. The Morgan fingerprint density at radius 3 is 2.37 bits per heavy atom. The summed E-state index contributed by atoms with van der Waals surface area (Å²) in [4.78, 5) is 13.1. The minimum absolute atomic E-state index is 0.145. The van der Waals surface area contributed by atoms with Crippen LogP contribution < -0.4 is 0 Å². The quantitative estimate of drug-likeness (QED) is 0.643. The average Bonchev–Trinajstić information content (AvgIpc) is 2.88. The topological polar surface area (TPSA) is 51.2 Å². The van der Waals surface area contributed by atoms with Crippen LogP contribution in [-0.2, 0) is 9.84 Å². The number of allylic oxidation sites excluding steroid dienone is 1. The zero-order valence-electron chi connectivity index (χ0n) is 10.2. The van der Waals surface area contributed by atoms with Gasteiger partial charge in [-0.2, -0.15) is 0 Å². The Balaban J connectivity index is 2.17. The summed E-state index contributed by atoms with van der Waals surface area (Å²) in [5.41, 5.74) is 0.472. The fraction of sp³-hybridized carbons (Fsp3) is 0.0714. The van der Waals surface area contributed by atoms with E-state index in [2.05, 4.69) is 0 Å². The highest BCUT2D eigenvalue weighted by Crippen LogP contribution is 2.13. The van der Waals surface area contributed by atoms with Crippen molar-refractivity contribution in [1.82, 2.24) is 0 Å². The van der Waals surface area contributed by atoms with Crippen LogP contribution in [0.25, 0.3) is 6.08 Å². The van der Waals surface area contributed by atoms with Gasteiger partial charge >= 0.3 is 0 Å². The fourth-order valence-corrected chi connectivity index (χ4v) is 2.76. The number of ketones is 1. The van der Waals surface area contributed by atoms with E-state index in [0.29, 0.717) is 5.56 Å². The van der Waals surface area contributed by atoms with Gasteiger partial charge in [0.2, 0.25) is 0 Å². The molecule has 2 aromatic rings. The van der Waals surface area contributed by atoms with E-state index in [1.54, 1.807) is 17.4 Å². The van der Waals surface area contributed by atoms with Gasteiger partial charge in [0.05, 0.1) is 4.90 Å². The second-order valence-corrected chi connectivity index (χ2v) is 7.00. The summed E-state index contributed by atoms with van der Waals surface area (Å²) in [5.74, 6) is -0.145. The second kappa shape index (κ2) is 5.50. The molecule has 19 heavy (non-hydrogen) atoms. The van der Waals surface area contributed by atoms with Crippen LogP contribution in [0.2, 0.25) is 0 Å². The fourth-order valence-electron chi connectivity index (χ4n) is 1.51. The molecule has 0 saturated carbocycles. The lowest BCUT2D eigenvalue weighted by molar-refractivity contribution is 0.104. The molecular weight excluding hydrogens is 280 g/mol. The lowest BCUT2D eigenvalue weighted by atomic mass is 10.1. The van der Waals surface area contributed by atoms with Crippen molar-refractivity contribution in [3.63, 3.8) is 0 Å². The molecule has 0 spiro atoms. The van der Waals surface area contributed by atoms with Gasteiger partial charge in [0.25, 0.3) is 0 Å². The summed E-state index contributed by atoms with van der Waals surface area (Å²) in [6, 6.07) is 9.77. The van der Waals surface area contributed by atoms with E-state index in [9.17, 15) is 13.2 Å². The van der Waals surface area contributed by atoms with Gasteiger partial charge in [-0.05, 0) is 47.9 Å². The molecule has 0 unspecified atom stereocenters. The SMILES string of the molecule is CS(=O)(=O)c1ccc(C(=O)/C=C/c2cccs2)cc1. The van der Waals surface area contributed by atoms with E-state index in [-0.39, 0.29) is 10.7 Å². The van der Waals surface area contributed by atoms with Gasteiger partial charge in [-0.1, -0.05) is 6.07 Å². The molecule has 0 amide bonds. The third-order valence-electron chi connectivity index (χ3n) is 2.51. The van der Waals surface area contributed by atoms with Crippen molar-refractivity contribution in [2.45, 2.75) is 4.90 Å². The molecule has 1 aromatic carbocycles. The summed E-state index contributed by atoms with van der Waals surface area (Å²) in [5, 5.41) is 1.94. The largest absolute Gasteiger partial charge is 0.289 e. The van der Waals surface area contributed by atoms with E-state index in [1.807, 2.05) is 17.5 Å². The molecular formula is C14H12O3S2. The van der Waals surface area contributed by atoms with Gasteiger partial charge in [-0.25, -0.2) is 8.42 Å². The van der Waals surface area contributed by atoms with Crippen LogP contribution >= 0.6 is 11.3 Å². The first-order valence-corrected chi connectivity index (χ1v) is 8.30. The maximum absolute atomic E-state index is 11.9. The smallest absolute Gasteiger partial charge is 0.185 e. The van der Waals surface area contributed by atoms with Gasteiger partial charge < -0.3 is 0 Å². The maximum Gasteiger partial charge on any atom is 0.185 e. The molecule has 1 aromatic heterocycles. The predicted octanol–water partition coefficient (Wildman–Crippen LogP) is 3.05. The lowest BCUT2D eigenvalue weighted by Gasteiger charge is -1.99. The van der Waals surface area contributed by atoms with Crippen LogP contribution in [0.15, 0.2) is 52.7 Å². The molecule has 0 fully saturated rings. The van der Waals surface area contributed by atoms with Gasteiger partial charge in [-0.3, -0.25) is 4.79 Å². The molecule has 0 aliphatic rings. The first-order valence-electron chi connectivity index (χ1n) is 5.53. The molecule has 0 atom stereocenters. The van der Waals surface area contributed by atoms with E-state index >= 15 is 0 Å². The molecule has 0 radical (unpaired) electrons. The Labute approximate surface area is 116 Å². The molecule has 98 valence electrons. The second-order valence-electron chi connectivity index (χ2n) is 4.01. The van der Waals surface area contributed by atoms with Crippen LogP contribution in [0.1, 0.15) is 15.2 Å². The van der Waals surface area contributed by atoms with E-state index < -0.39 is 9.84 Å². The Bertz CT molecular complexity index is 694. The predicted molar refractivity (Wildman–Crippen MR) is 77.2 cm³/mol. The molecule has 3 nitrogen and oxygen atoms in total. The molecule has 2 rings (SSSR count). The number of benzene rings is 1.